The van der Waals surface area contributed by atoms with E-state index in [0.29, 0.717) is 42.7 Å². The fourth-order valence-corrected chi connectivity index (χ4v) is 5.07. The topological polar surface area (TPSA) is 115 Å². The molecule has 1 aliphatic heterocycles. The van der Waals surface area contributed by atoms with Gasteiger partial charge in [0.25, 0.3) is 11.8 Å². The molecule has 0 aliphatic carbocycles. The van der Waals surface area contributed by atoms with Gasteiger partial charge in [0, 0.05) is 42.5 Å². The van der Waals surface area contributed by atoms with E-state index in [9.17, 15) is 22.8 Å². The van der Waals surface area contributed by atoms with Crippen molar-refractivity contribution in [2.45, 2.75) is 19.1 Å². The van der Waals surface area contributed by atoms with E-state index in [1.54, 1.807) is 34.2 Å². The molecule has 4 aromatic rings. The molecule has 1 saturated heterocycles. The number of carbonyl (C=O) groups excluding carboxylic acids is 2. The second-order valence-corrected chi connectivity index (χ2v) is 9.80. The van der Waals surface area contributed by atoms with E-state index in [1.165, 1.54) is 30.6 Å². The molecule has 204 valence electrons. The summed E-state index contributed by atoms with van der Waals surface area (Å²) < 4.78 is 51.1. The van der Waals surface area contributed by atoms with Crippen molar-refractivity contribution in [1.82, 2.24) is 19.8 Å². The van der Waals surface area contributed by atoms with Gasteiger partial charge in [-0.05, 0) is 42.6 Å². The Hall–Kier alpha value is -3.97. The van der Waals surface area contributed by atoms with Gasteiger partial charge in [-0.15, -0.1) is 0 Å². The Bertz CT molecular complexity index is 1530. The maximum absolute atomic E-state index is 13.5. The first-order valence-electron chi connectivity index (χ1n) is 12.0. The summed E-state index contributed by atoms with van der Waals surface area (Å²) in [7, 11) is 1.33. The summed E-state index contributed by atoms with van der Waals surface area (Å²) in [6.45, 7) is 2.95. The molecule has 9 nitrogen and oxygen atoms in total. The average Bonchev–Trinajstić information content (AvgIpc) is 3.62. The quantitative estimate of drug-likeness (QED) is 0.380. The van der Waals surface area contributed by atoms with Gasteiger partial charge in [0.2, 0.25) is 5.89 Å². The van der Waals surface area contributed by atoms with Crippen LogP contribution in [0.4, 0.5) is 13.2 Å². The predicted octanol–water partition coefficient (Wildman–Crippen LogP) is 4.60. The number of oxazole rings is 1. The fraction of sp³-hybridized carbons (Fsp3) is 0.308. The molecule has 2 N–H and O–H groups in total. The number of carbonyl (C=O) groups is 2. The zero-order valence-corrected chi connectivity index (χ0v) is 21.8. The van der Waals surface area contributed by atoms with Crippen LogP contribution < -0.4 is 10.5 Å². The van der Waals surface area contributed by atoms with Crippen molar-refractivity contribution in [2.24, 2.45) is 5.73 Å². The molecule has 1 fully saturated rings. The number of hydrogen-bond donors (Lipinski definition) is 1. The lowest BCUT2D eigenvalue weighted by atomic mass is 10.1. The Labute approximate surface area is 225 Å². The van der Waals surface area contributed by atoms with Crippen molar-refractivity contribution in [3.8, 4) is 17.2 Å². The third-order valence-electron chi connectivity index (χ3n) is 6.45. The molecule has 1 atom stereocenters. The van der Waals surface area contributed by atoms with Crippen molar-refractivity contribution in [2.75, 3.05) is 33.3 Å². The first-order valence-corrected chi connectivity index (χ1v) is 12.9. The number of aromatic nitrogens is 2. The molecule has 13 heteroatoms. The van der Waals surface area contributed by atoms with E-state index in [4.69, 9.17) is 14.9 Å². The summed E-state index contributed by atoms with van der Waals surface area (Å²) in [5.74, 6) is -0.181. The van der Waals surface area contributed by atoms with Crippen LogP contribution >= 0.6 is 11.3 Å². The zero-order valence-electron chi connectivity index (χ0n) is 21.0. The highest BCUT2D eigenvalue weighted by Crippen LogP contribution is 2.37. The lowest BCUT2D eigenvalue weighted by molar-refractivity contribution is -0.140. The summed E-state index contributed by atoms with van der Waals surface area (Å²) in [6, 6.07) is 6.25. The molecule has 2 amide bonds. The minimum atomic E-state index is -4.64. The van der Waals surface area contributed by atoms with E-state index >= 15 is 0 Å². The molecular formula is C26H24F3N5O4S. The Kier molecular flexibility index (Phi) is 7.03. The third-order valence-corrected chi connectivity index (χ3v) is 7.14. The first-order chi connectivity index (χ1) is 18.6. The van der Waals surface area contributed by atoms with Gasteiger partial charge < -0.3 is 24.7 Å². The molecule has 0 unspecified atom stereocenters. The Balaban J connectivity index is 1.45. The highest BCUT2D eigenvalue weighted by molar-refractivity contribution is 7.08. The smallest absolute Gasteiger partial charge is 0.433 e. The SMILES string of the molecule is COc1ccc(-c2nc(C(=O)N3CCN(C(=O)c4ccsc4)CC3)c([C@H](C)N)o2)c2ccc(C(F)(F)F)nc12. The van der Waals surface area contributed by atoms with E-state index in [2.05, 4.69) is 9.97 Å². The summed E-state index contributed by atoms with van der Waals surface area (Å²) in [6.07, 6.45) is -4.64. The highest BCUT2D eigenvalue weighted by Gasteiger charge is 2.34. The molecule has 0 saturated carbocycles. The predicted molar refractivity (Wildman–Crippen MR) is 138 cm³/mol. The second kappa shape index (κ2) is 10.3. The number of ether oxygens (including phenoxy) is 1. The number of nitrogens with zero attached hydrogens (tertiary/aromatic N) is 4. The van der Waals surface area contributed by atoms with E-state index in [0.717, 1.165) is 6.07 Å². The highest BCUT2D eigenvalue weighted by atomic mass is 32.1. The van der Waals surface area contributed by atoms with Gasteiger partial charge in [-0.2, -0.15) is 24.5 Å². The number of methoxy groups -OCH3 is 1. The van der Waals surface area contributed by atoms with Crippen molar-refractivity contribution in [3.05, 3.63) is 63.8 Å². The number of piperazine rings is 1. The molecule has 0 bridgehead atoms. The maximum atomic E-state index is 13.5. The van der Waals surface area contributed by atoms with Crippen LogP contribution in [-0.4, -0.2) is 64.9 Å². The molecule has 3 aromatic heterocycles. The Morgan fingerprint density at radius 1 is 1.05 bits per heavy atom. The Morgan fingerprint density at radius 2 is 1.74 bits per heavy atom. The van der Waals surface area contributed by atoms with Crippen molar-refractivity contribution in [1.29, 1.82) is 0 Å². The number of pyridine rings is 1. The van der Waals surface area contributed by atoms with Crippen molar-refractivity contribution in [3.63, 3.8) is 0 Å². The standard InChI is InChI=1S/C26H24F3N5O4S/c1-14(30)22-21(25(36)34-10-8-33(9-11-34)24(35)15-7-12-39-13-15)32-23(38-22)17-3-5-18(37-2)20-16(17)4-6-19(31-20)26(27,28)29/h3-7,12-14H,8-11,30H2,1-2H3/t14-/m0/s1. The zero-order chi connectivity index (χ0) is 27.9. The summed E-state index contributed by atoms with van der Waals surface area (Å²) in [5, 5.41) is 3.93. The number of fused-ring (bicyclic) bond motifs is 1. The molecule has 39 heavy (non-hydrogen) atoms. The van der Waals surface area contributed by atoms with Crippen LogP contribution in [0.15, 0.2) is 45.5 Å². The van der Waals surface area contributed by atoms with Gasteiger partial charge >= 0.3 is 6.18 Å². The van der Waals surface area contributed by atoms with E-state index < -0.39 is 23.8 Å². The number of benzene rings is 1. The number of alkyl halides is 3. The number of thiophene rings is 1. The monoisotopic (exact) mass is 559 g/mol. The lowest BCUT2D eigenvalue weighted by Gasteiger charge is -2.34. The normalized spacial score (nSPS) is 15.0. The van der Waals surface area contributed by atoms with Crippen LogP contribution in [0.1, 0.15) is 45.3 Å². The van der Waals surface area contributed by atoms with Crippen LogP contribution in [0.3, 0.4) is 0 Å². The van der Waals surface area contributed by atoms with Crippen molar-refractivity contribution >= 4 is 34.1 Å². The molecule has 0 radical (unpaired) electrons. The molecule has 5 rings (SSSR count). The van der Waals surface area contributed by atoms with Crippen LogP contribution in [0.2, 0.25) is 0 Å². The summed E-state index contributed by atoms with van der Waals surface area (Å²) >= 11 is 1.44. The van der Waals surface area contributed by atoms with Gasteiger partial charge in [-0.1, -0.05) is 0 Å². The molecular weight excluding hydrogens is 535 g/mol. The first kappa shape index (κ1) is 26.6. The van der Waals surface area contributed by atoms with E-state index in [1.807, 2.05) is 5.38 Å². The summed E-state index contributed by atoms with van der Waals surface area (Å²) in [4.78, 5) is 37.6. The minimum absolute atomic E-state index is 0.0152. The molecule has 4 heterocycles. The third kappa shape index (κ3) is 5.06. The average molecular weight is 560 g/mol. The van der Waals surface area contributed by atoms with E-state index in [-0.39, 0.29) is 34.5 Å². The number of hydrogen-bond acceptors (Lipinski definition) is 8. The number of rotatable bonds is 5. The number of halogens is 3. The molecule has 1 aliphatic rings. The van der Waals surface area contributed by atoms with Crippen molar-refractivity contribution < 1.29 is 31.9 Å². The van der Waals surface area contributed by atoms with Gasteiger partial charge in [0.15, 0.2) is 11.5 Å². The van der Waals surface area contributed by atoms with Gasteiger partial charge in [0.05, 0.1) is 18.7 Å². The fourth-order valence-electron chi connectivity index (χ4n) is 4.44. The Morgan fingerprint density at radius 3 is 2.33 bits per heavy atom. The van der Waals surface area contributed by atoms with Crippen LogP contribution in [0, 0.1) is 0 Å². The molecule has 0 spiro atoms. The van der Waals surface area contributed by atoms with Crippen LogP contribution in [-0.2, 0) is 6.18 Å². The number of nitrogens with two attached hydrogens (primary N) is 1. The summed E-state index contributed by atoms with van der Waals surface area (Å²) in [5.41, 5.74) is 5.97. The second-order valence-electron chi connectivity index (χ2n) is 9.02. The molecule has 1 aromatic carbocycles. The largest absolute Gasteiger partial charge is 0.494 e. The van der Waals surface area contributed by atoms with Crippen LogP contribution in [0.25, 0.3) is 22.4 Å². The van der Waals surface area contributed by atoms with Gasteiger partial charge in [-0.3, -0.25) is 9.59 Å². The van der Waals surface area contributed by atoms with Gasteiger partial charge in [-0.25, -0.2) is 9.97 Å². The van der Waals surface area contributed by atoms with Crippen LogP contribution in [0.5, 0.6) is 5.75 Å². The lowest BCUT2D eigenvalue weighted by Crippen LogP contribution is -2.50. The maximum Gasteiger partial charge on any atom is 0.433 e. The minimum Gasteiger partial charge on any atom is -0.494 e. The number of amides is 2. The van der Waals surface area contributed by atoms with Gasteiger partial charge in [0.1, 0.15) is 17.0 Å².